The van der Waals surface area contributed by atoms with Gasteiger partial charge in [0.05, 0.1) is 0 Å². The van der Waals surface area contributed by atoms with Crippen LogP contribution >= 0.6 is 0 Å². The second kappa shape index (κ2) is 7.23. The summed E-state index contributed by atoms with van der Waals surface area (Å²) in [6, 6.07) is 12.9. The van der Waals surface area contributed by atoms with Gasteiger partial charge in [0.1, 0.15) is 5.82 Å². The molecule has 112 valence electrons. The van der Waals surface area contributed by atoms with E-state index in [1.165, 1.54) is 16.7 Å². The van der Waals surface area contributed by atoms with Gasteiger partial charge >= 0.3 is 0 Å². The van der Waals surface area contributed by atoms with Gasteiger partial charge in [0.15, 0.2) is 0 Å². The maximum Gasteiger partial charge on any atom is 0.128 e. The number of aromatic nitrogens is 1. The van der Waals surface area contributed by atoms with Gasteiger partial charge in [-0.1, -0.05) is 42.8 Å². The van der Waals surface area contributed by atoms with E-state index < -0.39 is 0 Å². The molecule has 0 radical (unpaired) electrons. The topological polar surface area (TPSA) is 28.2 Å². The zero-order valence-electron chi connectivity index (χ0n) is 13.5. The van der Waals surface area contributed by atoms with Gasteiger partial charge in [0.25, 0.3) is 0 Å². The Kier molecular flexibility index (Phi) is 5.34. The normalized spacial score (nSPS) is 10.7. The number of pyridine rings is 1. The van der Waals surface area contributed by atoms with E-state index in [2.05, 4.69) is 74.4 Å². The Hall–Kier alpha value is -1.87. The molecule has 0 saturated heterocycles. The first kappa shape index (κ1) is 15.5. The van der Waals surface area contributed by atoms with E-state index in [0.29, 0.717) is 0 Å². The van der Waals surface area contributed by atoms with Crippen LogP contribution in [0, 0.1) is 13.8 Å². The maximum absolute atomic E-state index is 4.73. The van der Waals surface area contributed by atoms with Crippen LogP contribution in [0.4, 0.5) is 5.82 Å². The quantitative estimate of drug-likeness (QED) is 0.880. The van der Waals surface area contributed by atoms with Crippen LogP contribution in [-0.2, 0) is 13.1 Å². The summed E-state index contributed by atoms with van der Waals surface area (Å²) in [6.07, 6.45) is 0. The summed E-state index contributed by atoms with van der Waals surface area (Å²) >= 11 is 0. The van der Waals surface area contributed by atoms with E-state index in [1.807, 2.05) is 0 Å². The average molecular weight is 283 g/mol. The fourth-order valence-corrected chi connectivity index (χ4v) is 2.40. The van der Waals surface area contributed by atoms with Crippen LogP contribution in [0.15, 0.2) is 36.4 Å². The third-order valence-electron chi connectivity index (χ3n) is 3.64. The number of nitrogens with one attached hydrogen (secondary N) is 1. The van der Waals surface area contributed by atoms with Crippen LogP contribution < -0.4 is 10.2 Å². The lowest BCUT2D eigenvalue weighted by molar-refractivity contribution is 0.719. The number of anilines is 1. The fraction of sp³-hybridized carbons (Fsp3) is 0.389. The van der Waals surface area contributed by atoms with Crippen LogP contribution in [0.25, 0.3) is 0 Å². The minimum atomic E-state index is 0.876. The van der Waals surface area contributed by atoms with Crippen molar-refractivity contribution in [3.63, 3.8) is 0 Å². The second-order valence-electron chi connectivity index (χ2n) is 5.54. The van der Waals surface area contributed by atoms with Gasteiger partial charge in [-0.05, 0) is 37.6 Å². The molecule has 1 N–H and O–H groups in total. The summed E-state index contributed by atoms with van der Waals surface area (Å²) in [5.74, 6) is 1.02. The Labute approximate surface area is 128 Å². The molecule has 0 saturated carbocycles. The van der Waals surface area contributed by atoms with Crippen molar-refractivity contribution in [3.05, 3.63) is 58.8 Å². The molecule has 0 amide bonds. The maximum atomic E-state index is 4.73. The average Bonchev–Trinajstić information content (AvgIpc) is 2.46. The predicted molar refractivity (Wildman–Crippen MR) is 89.6 cm³/mol. The van der Waals surface area contributed by atoms with Gasteiger partial charge in [-0.15, -0.1) is 0 Å². The summed E-state index contributed by atoms with van der Waals surface area (Å²) in [7, 11) is 2.09. The highest BCUT2D eigenvalue weighted by molar-refractivity contribution is 5.42. The fourth-order valence-electron chi connectivity index (χ4n) is 2.40. The van der Waals surface area contributed by atoms with Crippen molar-refractivity contribution in [1.82, 2.24) is 10.3 Å². The largest absolute Gasteiger partial charge is 0.355 e. The summed E-state index contributed by atoms with van der Waals surface area (Å²) in [5, 5.41) is 3.35. The first-order chi connectivity index (χ1) is 10.1. The summed E-state index contributed by atoms with van der Waals surface area (Å²) < 4.78 is 0. The molecule has 0 atom stereocenters. The molecule has 1 aromatic carbocycles. The highest BCUT2D eigenvalue weighted by Gasteiger charge is 2.06. The molecule has 3 nitrogen and oxygen atoms in total. The Morgan fingerprint density at radius 2 is 1.95 bits per heavy atom. The van der Waals surface area contributed by atoms with Crippen molar-refractivity contribution in [2.75, 3.05) is 18.5 Å². The van der Waals surface area contributed by atoms with E-state index in [1.54, 1.807) is 0 Å². The smallest absolute Gasteiger partial charge is 0.128 e. The molecule has 2 rings (SSSR count). The molecule has 0 fully saturated rings. The molecule has 21 heavy (non-hydrogen) atoms. The molecular formula is C18H25N3. The summed E-state index contributed by atoms with van der Waals surface area (Å²) in [6.45, 7) is 9.07. The third kappa shape index (κ3) is 4.30. The van der Waals surface area contributed by atoms with E-state index in [9.17, 15) is 0 Å². The minimum absolute atomic E-state index is 0.876. The van der Waals surface area contributed by atoms with Crippen LogP contribution in [0.5, 0.6) is 0 Å². The monoisotopic (exact) mass is 283 g/mol. The predicted octanol–water partition coefficient (Wildman–Crippen LogP) is 3.44. The van der Waals surface area contributed by atoms with Crippen molar-refractivity contribution >= 4 is 5.82 Å². The number of hydrogen-bond donors (Lipinski definition) is 1. The van der Waals surface area contributed by atoms with E-state index in [4.69, 9.17) is 4.98 Å². The van der Waals surface area contributed by atoms with Gasteiger partial charge in [-0.25, -0.2) is 4.98 Å². The third-order valence-corrected chi connectivity index (χ3v) is 3.64. The molecule has 0 unspecified atom stereocenters. The minimum Gasteiger partial charge on any atom is -0.355 e. The number of nitrogens with zero attached hydrogens (tertiary/aromatic N) is 2. The number of benzene rings is 1. The molecule has 0 aliphatic carbocycles. The van der Waals surface area contributed by atoms with Crippen LogP contribution in [0.3, 0.4) is 0 Å². The van der Waals surface area contributed by atoms with Gasteiger partial charge in [0.2, 0.25) is 0 Å². The summed E-state index contributed by atoms with van der Waals surface area (Å²) in [5.41, 5.74) is 4.98. The lowest BCUT2D eigenvalue weighted by atomic mass is 10.1. The first-order valence-corrected chi connectivity index (χ1v) is 7.54. The van der Waals surface area contributed by atoms with Crippen molar-refractivity contribution in [3.8, 4) is 0 Å². The standard InChI is InChI=1S/C18H25N3/c1-5-19-12-17-9-10-18(20-15(17)3)21(4)13-16-8-6-7-14(2)11-16/h6-11,19H,5,12-13H2,1-4H3. The molecule has 0 aliphatic rings. The number of rotatable bonds is 6. The molecule has 0 aliphatic heterocycles. The first-order valence-electron chi connectivity index (χ1n) is 7.54. The highest BCUT2D eigenvalue weighted by atomic mass is 15.2. The van der Waals surface area contributed by atoms with Crippen molar-refractivity contribution in [1.29, 1.82) is 0 Å². The Balaban J connectivity index is 2.08. The molecule has 0 bridgehead atoms. The Bertz CT molecular complexity index is 593. The molecule has 1 heterocycles. The van der Waals surface area contributed by atoms with Gasteiger partial charge in [0, 0.05) is 25.8 Å². The SMILES string of the molecule is CCNCc1ccc(N(C)Cc2cccc(C)c2)nc1C. The van der Waals surface area contributed by atoms with E-state index >= 15 is 0 Å². The zero-order valence-corrected chi connectivity index (χ0v) is 13.5. The van der Waals surface area contributed by atoms with E-state index in [-0.39, 0.29) is 0 Å². The molecule has 2 aromatic rings. The Morgan fingerprint density at radius 3 is 2.62 bits per heavy atom. The molecule has 3 heteroatoms. The van der Waals surface area contributed by atoms with Crippen LogP contribution in [-0.4, -0.2) is 18.6 Å². The van der Waals surface area contributed by atoms with Gasteiger partial charge in [-0.3, -0.25) is 0 Å². The lowest BCUT2D eigenvalue weighted by Gasteiger charge is -2.20. The van der Waals surface area contributed by atoms with Gasteiger partial charge in [-0.2, -0.15) is 0 Å². The number of hydrogen-bond acceptors (Lipinski definition) is 3. The molecule has 0 spiro atoms. The van der Waals surface area contributed by atoms with Crippen LogP contribution in [0.2, 0.25) is 0 Å². The van der Waals surface area contributed by atoms with E-state index in [0.717, 1.165) is 31.1 Å². The molecule has 1 aromatic heterocycles. The van der Waals surface area contributed by atoms with Crippen molar-refractivity contribution in [2.45, 2.75) is 33.9 Å². The lowest BCUT2D eigenvalue weighted by Crippen LogP contribution is -2.19. The van der Waals surface area contributed by atoms with Crippen molar-refractivity contribution in [2.24, 2.45) is 0 Å². The zero-order chi connectivity index (χ0) is 15.2. The van der Waals surface area contributed by atoms with Crippen molar-refractivity contribution < 1.29 is 0 Å². The van der Waals surface area contributed by atoms with Gasteiger partial charge < -0.3 is 10.2 Å². The molecular weight excluding hydrogens is 258 g/mol. The number of aryl methyl sites for hydroxylation is 2. The highest BCUT2D eigenvalue weighted by Crippen LogP contribution is 2.16. The Morgan fingerprint density at radius 1 is 1.14 bits per heavy atom. The second-order valence-corrected chi connectivity index (χ2v) is 5.54. The summed E-state index contributed by atoms with van der Waals surface area (Å²) in [4.78, 5) is 6.92. The van der Waals surface area contributed by atoms with Crippen LogP contribution in [0.1, 0.15) is 29.3 Å².